The van der Waals surface area contributed by atoms with Crippen LogP contribution in [0.15, 0.2) is 35.5 Å². The fourth-order valence-corrected chi connectivity index (χ4v) is 2.65. The van der Waals surface area contributed by atoms with E-state index in [9.17, 15) is 14.4 Å². The van der Waals surface area contributed by atoms with E-state index in [1.165, 1.54) is 19.1 Å². The van der Waals surface area contributed by atoms with Crippen LogP contribution in [-0.4, -0.2) is 45.4 Å². The molecule has 0 aromatic heterocycles. The molecule has 1 aromatic carbocycles. The fourth-order valence-electron chi connectivity index (χ4n) is 2.65. The lowest BCUT2D eigenvalue weighted by atomic mass is 10.1. The Morgan fingerprint density at radius 3 is 2.30 bits per heavy atom. The lowest BCUT2D eigenvalue weighted by Crippen LogP contribution is -2.38. The summed E-state index contributed by atoms with van der Waals surface area (Å²) in [4.78, 5) is 37.7. The number of nitrogens with zero attached hydrogens (tertiary/aromatic N) is 1. The molecule has 8 heteroatoms. The minimum Gasteiger partial charge on any atom is -0.466 e. The molecule has 1 aromatic rings. The van der Waals surface area contributed by atoms with Gasteiger partial charge in [0, 0.05) is 17.8 Å². The normalized spacial score (nSPS) is 14.2. The number of amides is 1. The van der Waals surface area contributed by atoms with Gasteiger partial charge < -0.3 is 24.4 Å². The van der Waals surface area contributed by atoms with Crippen LogP contribution in [0.2, 0.25) is 0 Å². The third-order valence-corrected chi connectivity index (χ3v) is 3.89. The number of anilines is 2. The molecule has 0 saturated heterocycles. The molecule has 2 rings (SSSR count). The zero-order chi connectivity index (χ0) is 20.0. The van der Waals surface area contributed by atoms with Gasteiger partial charge in [-0.3, -0.25) is 4.79 Å². The lowest BCUT2D eigenvalue weighted by molar-refractivity contribution is -0.140. The number of esters is 2. The van der Waals surface area contributed by atoms with E-state index in [2.05, 4.69) is 5.32 Å². The zero-order valence-corrected chi connectivity index (χ0v) is 15.9. The Morgan fingerprint density at radius 2 is 1.74 bits per heavy atom. The summed E-state index contributed by atoms with van der Waals surface area (Å²) in [6.45, 7) is 3.97. The molecule has 1 amide bonds. The number of nitrogens with one attached hydrogen (secondary N) is 1. The molecule has 0 atom stereocenters. The van der Waals surface area contributed by atoms with E-state index in [-0.39, 0.29) is 36.4 Å². The molecule has 0 unspecified atom stereocenters. The van der Waals surface area contributed by atoms with Gasteiger partial charge in [0.1, 0.15) is 12.4 Å². The third kappa shape index (κ3) is 5.07. The SMILES string of the molecule is COC(=O)C1=C(C(=O)OC)N(c2ccc(NC(=O)CC(C)C)cc2)COC1. The summed E-state index contributed by atoms with van der Waals surface area (Å²) in [6, 6.07) is 6.87. The Bertz CT molecular complexity index is 739. The number of hydrogen-bond acceptors (Lipinski definition) is 7. The van der Waals surface area contributed by atoms with E-state index in [0.717, 1.165) is 0 Å². The van der Waals surface area contributed by atoms with E-state index < -0.39 is 11.9 Å². The molecule has 0 aliphatic carbocycles. The summed E-state index contributed by atoms with van der Waals surface area (Å²) in [7, 11) is 2.48. The van der Waals surface area contributed by atoms with Gasteiger partial charge in [-0.25, -0.2) is 9.59 Å². The summed E-state index contributed by atoms with van der Waals surface area (Å²) in [5.74, 6) is -1.12. The minimum absolute atomic E-state index is 0.0447. The third-order valence-electron chi connectivity index (χ3n) is 3.89. The van der Waals surface area contributed by atoms with Gasteiger partial charge in [-0.15, -0.1) is 0 Å². The first-order valence-corrected chi connectivity index (χ1v) is 8.52. The van der Waals surface area contributed by atoms with E-state index in [0.29, 0.717) is 17.8 Å². The van der Waals surface area contributed by atoms with Crippen molar-refractivity contribution in [2.24, 2.45) is 5.92 Å². The smallest absolute Gasteiger partial charge is 0.355 e. The summed E-state index contributed by atoms with van der Waals surface area (Å²) in [6.07, 6.45) is 0.430. The molecule has 1 N–H and O–H groups in total. The van der Waals surface area contributed by atoms with Crippen molar-refractivity contribution in [3.05, 3.63) is 35.5 Å². The van der Waals surface area contributed by atoms with Crippen LogP contribution in [0.25, 0.3) is 0 Å². The van der Waals surface area contributed by atoms with Crippen molar-refractivity contribution in [1.29, 1.82) is 0 Å². The quantitative estimate of drug-likeness (QED) is 0.760. The first kappa shape index (κ1) is 20.4. The van der Waals surface area contributed by atoms with E-state index in [1.54, 1.807) is 24.3 Å². The highest BCUT2D eigenvalue weighted by atomic mass is 16.5. The van der Waals surface area contributed by atoms with Crippen LogP contribution >= 0.6 is 0 Å². The molecule has 8 nitrogen and oxygen atoms in total. The largest absolute Gasteiger partial charge is 0.466 e. The molecule has 0 radical (unpaired) electrons. The van der Waals surface area contributed by atoms with E-state index in [1.807, 2.05) is 13.8 Å². The molecule has 0 fully saturated rings. The van der Waals surface area contributed by atoms with Crippen molar-refractivity contribution in [2.45, 2.75) is 20.3 Å². The Labute approximate surface area is 158 Å². The van der Waals surface area contributed by atoms with Crippen LogP contribution in [0.3, 0.4) is 0 Å². The average Bonchev–Trinajstić information content (AvgIpc) is 2.66. The first-order chi connectivity index (χ1) is 12.9. The monoisotopic (exact) mass is 376 g/mol. The number of rotatable bonds is 6. The maximum absolute atomic E-state index is 12.3. The van der Waals surface area contributed by atoms with Gasteiger partial charge >= 0.3 is 11.9 Å². The fraction of sp³-hybridized carbons (Fsp3) is 0.421. The molecule has 0 saturated carbocycles. The average molecular weight is 376 g/mol. The van der Waals surface area contributed by atoms with Crippen LogP contribution in [-0.2, 0) is 28.6 Å². The number of hydrogen-bond donors (Lipinski definition) is 1. The Kier molecular flexibility index (Phi) is 6.95. The van der Waals surface area contributed by atoms with Crippen LogP contribution in [0.4, 0.5) is 11.4 Å². The van der Waals surface area contributed by atoms with E-state index in [4.69, 9.17) is 14.2 Å². The van der Waals surface area contributed by atoms with Crippen molar-refractivity contribution in [3.63, 3.8) is 0 Å². The first-order valence-electron chi connectivity index (χ1n) is 8.52. The summed E-state index contributed by atoms with van der Waals surface area (Å²) >= 11 is 0. The lowest BCUT2D eigenvalue weighted by Gasteiger charge is -2.31. The Hall–Kier alpha value is -2.87. The highest BCUT2D eigenvalue weighted by Gasteiger charge is 2.32. The molecule has 1 aliphatic heterocycles. The van der Waals surface area contributed by atoms with Gasteiger partial charge in [0.05, 0.1) is 26.4 Å². The van der Waals surface area contributed by atoms with Crippen molar-refractivity contribution >= 4 is 29.2 Å². The number of carbonyl (C=O) groups is 3. The second kappa shape index (κ2) is 9.18. The second-order valence-corrected chi connectivity index (χ2v) is 6.41. The summed E-state index contributed by atoms with van der Waals surface area (Å²) in [5, 5.41) is 2.82. The van der Waals surface area contributed by atoms with E-state index >= 15 is 0 Å². The topological polar surface area (TPSA) is 94.2 Å². The van der Waals surface area contributed by atoms with Gasteiger partial charge in [-0.2, -0.15) is 0 Å². The number of carbonyl (C=O) groups excluding carboxylic acids is 3. The molecular formula is C19H24N2O6. The maximum atomic E-state index is 12.3. The minimum atomic E-state index is -0.659. The van der Waals surface area contributed by atoms with Crippen LogP contribution < -0.4 is 10.2 Å². The molecule has 0 bridgehead atoms. The van der Waals surface area contributed by atoms with Crippen LogP contribution in [0, 0.1) is 5.92 Å². The van der Waals surface area contributed by atoms with Gasteiger partial charge in [0.2, 0.25) is 5.91 Å². The maximum Gasteiger partial charge on any atom is 0.355 e. The highest BCUT2D eigenvalue weighted by molar-refractivity contribution is 6.03. The summed E-state index contributed by atoms with van der Waals surface area (Å²) < 4.78 is 15.0. The Balaban J connectivity index is 2.28. The highest BCUT2D eigenvalue weighted by Crippen LogP contribution is 2.27. The van der Waals surface area contributed by atoms with Gasteiger partial charge in [0.25, 0.3) is 0 Å². The molecule has 27 heavy (non-hydrogen) atoms. The predicted octanol–water partition coefficient (Wildman–Crippen LogP) is 2.07. The molecule has 0 spiro atoms. The zero-order valence-electron chi connectivity index (χ0n) is 15.9. The van der Waals surface area contributed by atoms with Gasteiger partial charge in [0.15, 0.2) is 0 Å². The molecule has 146 valence electrons. The van der Waals surface area contributed by atoms with Gasteiger partial charge in [-0.1, -0.05) is 13.8 Å². The number of benzene rings is 1. The summed E-state index contributed by atoms with van der Waals surface area (Å²) in [5.41, 5.74) is 1.41. The van der Waals surface area contributed by atoms with Crippen LogP contribution in [0.5, 0.6) is 0 Å². The molecule has 1 aliphatic rings. The van der Waals surface area contributed by atoms with Gasteiger partial charge in [-0.05, 0) is 30.2 Å². The number of ether oxygens (including phenoxy) is 3. The van der Waals surface area contributed by atoms with Crippen molar-refractivity contribution in [3.8, 4) is 0 Å². The van der Waals surface area contributed by atoms with Crippen molar-refractivity contribution < 1.29 is 28.6 Å². The predicted molar refractivity (Wildman–Crippen MR) is 98.9 cm³/mol. The molecular weight excluding hydrogens is 352 g/mol. The second-order valence-electron chi connectivity index (χ2n) is 6.41. The standard InChI is InChI=1S/C19H24N2O6/c1-12(2)9-16(22)20-13-5-7-14(8-6-13)21-11-27-10-15(18(23)25-3)17(21)19(24)26-4/h5-8,12H,9-11H2,1-4H3,(H,20,22). The number of methoxy groups -OCH3 is 2. The van der Waals surface area contributed by atoms with Crippen molar-refractivity contribution in [2.75, 3.05) is 37.8 Å². The van der Waals surface area contributed by atoms with Crippen molar-refractivity contribution in [1.82, 2.24) is 0 Å². The Morgan fingerprint density at radius 1 is 1.11 bits per heavy atom. The molecule has 1 heterocycles. The van der Waals surface area contributed by atoms with Crippen LogP contribution in [0.1, 0.15) is 20.3 Å².